The van der Waals surface area contributed by atoms with Crippen molar-refractivity contribution in [1.29, 1.82) is 0 Å². The Morgan fingerprint density at radius 1 is 1.15 bits per heavy atom. The number of H-pyrrole nitrogens is 2. The molecule has 0 spiro atoms. The number of anilines is 2. The summed E-state index contributed by atoms with van der Waals surface area (Å²) in [6.07, 6.45) is 1.51. The predicted molar refractivity (Wildman–Crippen MR) is 80.1 cm³/mol. The lowest BCUT2D eigenvalue weighted by Crippen LogP contribution is -2.23. The molecule has 0 aliphatic rings. The van der Waals surface area contributed by atoms with Gasteiger partial charge in [-0.25, -0.2) is 9.79 Å². The van der Waals surface area contributed by atoms with Crippen LogP contribution in [0.1, 0.15) is 5.56 Å². The van der Waals surface area contributed by atoms with E-state index in [4.69, 9.17) is 5.73 Å². The summed E-state index contributed by atoms with van der Waals surface area (Å²) in [5, 5.41) is 0. The van der Waals surface area contributed by atoms with Gasteiger partial charge in [0, 0.05) is 26.0 Å². The Morgan fingerprint density at radius 2 is 1.80 bits per heavy atom. The first-order valence-electron chi connectivity index (χ1n) is 5.91. The van der Waals surface area contributed by atoms with Crippen LogP contribution in [0.3, 0.4) is 0 Å². The Morgan fingerprint density at radius 3 is 2.35 bits per heavy atom. The van der Waals surface area contributed by atoms with Crippen molar-refractivity contribution in [3.63, 3.8) is 0 Å². The molecule has 2 rings (SSSR count). The number of nitrogens with two attached hydrogens (primary N) is 1. The number of nitrogens with one attached hydrogen (secondary N) is 2. The Labute approximate surface area is 114 Å². The highest BCUT2D eigenvalue weighted by Gasteiger charge is 2.03. The lowest BCUT2D eigenvalue weighted by atomic mass is 10.2. The van der Waals surface area contributed by atoms with Crippen molar-refractivity contribution in [2.24, 2.45) is 4.99 Å². The zero-order valence-corrected chi connectivity index (χ0v) is 11.2. The van der Waals surface area contributed by atoms with Crippen LogP contribution < -0.4 is 21.9 Å². The summed E-state index contributed by atoms with van der Waals surface area (Å²) in [4.78, 5) is 32.9. The van der Waals surface area contributed by atoms with E-state index >= 15 is 0 Å². The van der Waals surface area contributed by atoms with Crippen molar-refractivity contribution >= 4 is 23.4 Å². The summed E-state index contributed by atoms with van der Waals surface area (Å²) < 4.78 is 0. The van der Waals surface area contributed by atoms with Crippen molar-refractivity contribution in [3.8, 4) is 0 Å². The van der Waals surface area contributed by atoms with E-state index in [1.165, 1.54) is 6.21 Å². The van der Waals surface area contributed by atoms with Gasteiger partial charge in [0.05, 0.1) is 0 Å². The highest BCUT2D eigenvalue weighted by atomic mass is 16.2. The van der Waals surface area contributed by atoms with Crippen molar-refractivity contribution in [1.82, 2.24) is 9.97 Å². The van der Waals surface area contributed by atoms with E-state index in [2.05, 4.69) is 15.0 Å². The molecule has 2 aromatic rings. The highest BCUT2D eigenvalue weighted by molar-refractivity contribution is 5.83. The molecule has 1 aromatic heterocycles. The number of nitrogens with zero attached hydrogens (tertiary/aromatic N) is 2. The Kier molecular flexibility index (Phi) is 3.69. The van der Waals surface area contributed by atoms with Crippen LogP contribution in [0.5, 0.6) is 0 Å². The van der Waals surface area contributed by atoms with Crippen LogP contribution in [0.15, 0.2) is 38.8 Å². The van der Waals surface area contributed by atoms with Crippen molar-refractivity contribution in [3.05, 3.63) is 50.7 Å². The molecule has 0 aliphatic heterocycles. The summed E-state index contributed by atoms with van der Waals surface area (Å²) in [5.41, 5.74) is 6.15. The van der Waals surface area contributed by atoms with Gasteiger partial charge in [0.2, 0.25) is 0 Å². The zero-order chi connectivity index (χ0) is 14.7. The van der Waals surface area contributed by atoms with Crippen LogP contribution in [-0.2, 0) is 0 Å². The molecule has 1 aromatic carbocycles. The molecule has 0 radical (unpaired) electrons. The number of rotatable bonds is 3. The number of benzene rings is 1. The average Bonchev–Trinajstić information content (AvgIpc) is 2.38. The van der Waals surface area contributed by atoms with Gasteiger partial charge < -0.3 is 10.6 Å². The van der Waals surface area contributed by atoms with Gasteiger partial charge in [-0.05, 0) is 17.7 Å². The van der Waals surface area contributed by atoms with Crippen LogP contribution in [0, 0.1) is 0 Å². The van der Waals surface area contributed by atoms with Gasteiger partial charge >= 0.3 is 5.69 Å². The minimum Gasteiger partial charge on any atom is -0.383 e. The van der Waals surface area contributed by atoms with Crippen LogP contribution in [0.25, 0.3) is 0 Å². The number of hydrogen-bond acceptors (Lipinski definition) is 5. The molecule has 7 heteroatoms. The lowest BCUT2D eigenvalue weighted by Gasteiger charge is -2.11. The Balaban J connectivity index is 2.30. The largest absolute Gasteiger partial charge is 0.383 e. The van der Waals surface area contributed by atoms with Gasteiger partial charge in [0.25, 0.3) is 5.56 Å². The molecule has 104 valence electrons. The molecule has 0 unspecified atom stereocenters. The van der Waals surface area contributed by atoms with Gasteiger partial charge in [-0.3, -0.25) is 14.8 Å². The van der Waals surface area contributed by atoms with E-state index in [0.29, 0.717) is 0 Å². The number of aliphatic imine (C=N–C) groups is 1. The van der Waals surface area contributed by atoms with E-state index in [0.717, 1.165) is 11.3 Å². The molecule has 0 aliphatic carbocycles. The fraction of sp³-hybridized carbons (Fsp3) is 0.154. The number of aromatic amines is 2. The van der Waals surface area contributed by atoms with Gasteiger partial charge in [-0.2, -0.15) is 0 Å². The molecular weight excluding hydrogens is 258 g/mol. The third kappa shape index (κ3) is 2.94. The average molecular weight is 273 g/mol. The first-order chi connectivity index (χ1) is 9.47. The fourth-order valence-corrected chi connectivity index (χ4v) is 1.62. The second-order valence-electron chi connectivity index (χ2n) is 4.41. The fourth-order valence-electron chi connectivity index (χ4n) is 1.62. The van der Waals surface area contributed by atoms with Gasteiger partial charge in [-0.1, -0.05) is 12.1 Å². The standard InChI is InChI=1S/C13H15N5O2/c1-18(2)9-5-3-8(4-6-9)7-15-10-11(14)16-13(20)17-12(10)19/h3-7H,1-2H3,(H4,14,16,17,19,20). The minimum absolute atomic E-state index is 0.0127. The predicted octanol–water partition coefficient (Wildman–Crippen LogP) is 0.462. The van der Waals surface area contributed by atoms with Crippen LogP contribution >= 0.6 is 0 Å². The molecule has 0 saturated carbocycles. The van der Waals surface area contributed by atoms with E-state index in [9.17, 15) is 9.59 Å². The van der Waals surface area contributed by atoms with E-state index < -0.39 is 11.2 Å². The van der Waals surface area contributed by atoms with E-state index in [1.54, 1.807) is 0 Å². The van der Waals surface area contributed by atoms with Crippen molar-refractivity contribution in [2.45, 2.75) is 0 Å². The van der Waals surface area contributed by atoms with Gasteiger partial charge in [0.15, 0.2) is 5.69 Å². The first kappa shape index (κ1) is 13.6. The smallest absolute Gasteiger partial charge is 0.327 e. The normalized spacial score (nSPS) is 10.9. The maximum Gasteiger partial charge on any atom is 0.327 e. The molecular formula is C13H15N5O2. The molecule has 7 nitrogen and oxygen atoms in total. The molecule has 0 fully saturated rings. The SMILES string of the molecule is CN(C)c1ccc(C=Nc2c(N)[nH]c(=O)[nH]c2=O)cc1. The zero-order valence-electron chi connectivity index (χ0n) is 11.2. The second-order valence-corrected chi connectivity index (χ2v) is 4.41. The van der Waals surface area contributed by atoms with Crippen molar-refractivity contribution in [2.75, 3.05) is 24.7 Å². The van der Waals surface area contributed by atoms with E-state index in [1.807, 2.05) is 43.3 Å². The second kappa shape index (κ2) is 5.43. The highest BCUT2D eigenvalue weighted by Crippen LogP contribution is 2.13. The number of nitrogen functional groups attached to an aromatic ring is 1. The summed E-state index contributed by atoms with van der Waals surface area (Å²) >= 11 is 0. The van der Waals surface area contributed by atoms with Crippen LogP contribution in [0.2, 0.25) is 0 Å². The molecule has 0 amide bonds. The van der Waals surface area contributed by atoms with Crippen LogP contribution in [-0.4, -0.2) is 30.3 Å². The first-order valence-corrected chi connectivity index (χ1v) is 5.91. The Hall–Kier alpha value is -2.83. The van der Waals surface area contributed by atoms with Crippen LogP contribution in [0.4, 0.5) is 17.2 Å². The third-order valence-electron chi connectivity index (χ3n) is 2.70. The third-order valence-corrected chi connectivity index (χ3v) is 2.70. The maximum atomic E-state index is 11.5. The minimum atomic E-state index is -0.651. The molecule has 0 bridgehead atoms. The molecule has 1 heterocycles. The summed E-state index contributed by atoms with van der Waals surface area (Å²) in [5.74, 6) is -0.0556. The monoisotopic (exact) mass is 273 g/mol. The molecule has 20 heavy (non-hydrogen) atoms. The van der Waals surface area contributed by atoms with Gasteiger partial charge in [0.1, 0.15) is 5.82 Å². The van der Waals surface area contributed by atoms with Gasteiger partial charge in [-0.15, -0.1) is 0 Å². The molecule has 0 atom stereocenters. The maximum absolute atomic E-state index is 11.5. The lowest BCUT2D eigenvalue weighted by molar-refractivity contribution is 1.04. The van der Waals surface area contributed by atoms with E-state index in [-0.39, 0.29) is 11.5 Å². The molecule has 0 saturated heterocycles. The quantitative estimate of drug-likeness (QED) is 0.706. The number of hydrogen-bond donors (Lipinski definition) is 3. The summed E-state index contributed by atoms with van der Waals surface area (Å²) in [7, 11) is 3.90. The summed E-state index contributed by atoms with van der Waals surface area (Å²) in [6.45, 7) is 0. The van der Waals surface area contributed by atoms with Crippen molar-refractivity contribution < 1.29 is 0 Å². The summed E-state index contributed by atoms with van der Waals surface area (Å²) in [6, 6.07) is 7.60. The Bertz CT molecular complexity index is 741. The number of aromatic nitrogens is 2. The molecule has 4 N–H and O–H groups in total. The topological polar surface area (TPSA) is 107 Å².